The second-order valence-corrected chi connectivity index (χ2v) is 8.18. The molecule has 0 aromatic heterocycles. The molecule has 4 rings (SSSR count). The molecule has 2 heterocycles. The van der Waals surface area contributed by atoms with Crippen molar-refractivity contribution in [2.24, 2.45) is 5.92 Å². The first-order chi connectivity index (χ1) is 15.5. The number of para-hydroxylation sites is 1. The molecule has 7 nitrogen and oxygen atoms in total. The molecule has 2 aromatic carbocycles. The van der Waals surface area contributed by atoms with E-state index in [1.807, 2.05) is 30.3 Å². The molecule has 1 atom stereocenters. The zero-order valence-corrected chi connectivity index (χ0v) is 17.9. The number of piperazine rings is 1. The molecule has 0 radical (unpaired) electrons. The normalized spacial score (nSPS) is 19.3. The maximum absolute atomic E-state index is 13.4. The van der Waals surface area contributed by atoms with Crippen LogP contribution in [0.5, 0.6) is 0 Å². The number of benzene rings is 2. The third-order valence-corrected chi connectivity index (χ3v) is 6.02. The third-order valence-electron chi connectivity index (χ3n) is 6.02. The number of hydrogen-bond acceptors (Lipinski definition) is 4. The fourth-order valence-electron chi connectivity index (χ4n) is 4.20. The highest BCUT2D eigenvalue weighted by Crippen LogP contribution is 2.24. The lowest BCUT2D eigenvalue weighted by atomic mass is 10.1. The minimum absolute atomic E-state index is 0.0320. The van der Waals surface area contributed by atoms with Gasteiger partial charge in [0.15, 0.2) is 0 Å². The minimum atomic E-state index is -0.416. The van der Waals surface area contributed by atoms with E-state index in [1.165, 1.54) is 12.1 Å². The van der Waals surface area contributed by atoms with Gasteiger partial charge in [0.2, 0.25) is 11.8 Å². The van der Waals surface area contributed by atoms with Crippen molar-refractivity contribution < 1.29 is 18.8 Å². The summed E-state index contributed by atoms with van der Waals surface area (Å²) in [6.45, 7) is 4.08. The van der Waals surface area contributed by atoms with Gasteiger partial charge in [0.05, 0.1) is 5.92 Å². The Morgan fingerprint density at radius 1 is 1.00 bits per heavy atom. The van der Waals surface area contributed by atoms with Crippen LogP contribution in [0.1, 0.15) is 16.8 Å². The lowest BCUT2D eigenvalue weighted by Crippen LogP contribution is -2.50. The summed E-state index contributed by atoms with van der Waals surface area (Å²) in [6, 6.07) is 15.1. The molecular weight excluding hydrogens is 411 g/mol. The van der Waals surface area contributed by atoms with E-state index in [0.29, 0.717) is 51.4 Å². The van der Waals surface area contributed by atoms with Crippen molar-refractivity contribution in [2.45, 2.75) is 6.42 Å². The largest absolute Gasteiger partial charge is 0.355 e. The van der Waals surface area contributed by atoms with Crippen molar-refractivity contribution in [2.75, 3.05) is 50.7 Å². The Bertz CT molecular complexity index is 976. The van der Waals surface area contributed by atoms with Crippen molar-refractivity contribution in [3.63, 3.8) is 0 Å². The van der Waals surface area contributed by atoms with E-state index in [1.54, 1.807) is 21.9 Å². The highest BCUT2D eigenvalue weighted by atomic mass is 19.1. The highest BCUT2D eigenvalue weighted by molar-refractivity contribution is 6.00. The average molecular weight is 439 g/mol. The lowest BCUT2D eigenvalue weighted by molar-refractivity contribution is -0.126. The summed E-state index contributed by atoms with van der Waals surface area (Å²) in [5, 5.41) is 2.95. The molecule has 0 aliphatic carbocycles. The number of carbonyl (C=O) groups is 3. The Balaban J connectivity index is 1.18. The Morgan fingerprint density at radius 3 is 2.47 bits per heavy atom. The number of rotatable bonds is 6. The van der Waals surface area contributed by atoms with E-state index in [2.05, 4.69) is 10.2 Å². The maximum atomic E-state index is 13.4. The molecule has 32 heavy (non-hydrogen) atoms. The number of nitrogens with zero attached hydrogens (tertiary/aromatic N) is 3. The molecule has 2 saturated heterocycles. The van der Waals surface area contributed by atoms with Gasteiger partial charge in [-0.15, -0.1) is 0 Å². The maximum Gasteiger partial charge on any atom is 0.254 e. The number of nitrogens with one attached hydrogen (secondary N) is 1. The molecule has 0 spiro atoms. The van der Waals surface area contributed by atoms with Gasteiger partial charge < -0.3 is 15.1 Å². The highest BCUT2D eigenvalue weighted by Gasteiger charge is 2.35. The standard InChI is InChI=1S/C24H27FN4O3/c25-20-6-4-5-18(15-20)24(32)28-13-11-27(12-14-28)10-9-26-23(31)19-16-22(30)29(17-19)21-7-2-1-3-8-21/h1-8,15,19H,9-14,16-17H2,(H,26,31). The van der Waals surface area contributed by atoms with Gasteiger partial charge in [0.25, 0.3) is 5.91 Å². The van der Waals surface area contributed by atoms with Crippen molar-refractivity contribution in [1.82, 2.24) is 15.1 Å². The summed E-state index contributed by atoms with van der Waals surface area (Å²) >= 11 is 0. The Hall–Kier alpha value is -3.26. The molecule has 0 bridgehead atoms. The number of amides is 3. The molecule has 2 aromatic rings. The Morgan fingerprint density at radius 2 is 1.75 bits per heavy atom. The molecule has 2 aliphatic rings. The fraction of sp³-hybridized carbons (Fsp3) is 0.375. The van der Waals surface area contributed by atoms with E-state index in [-0.39, 0.29) is 30.1 Å². The lowest BCUT2D eigenvalue weighted by Gasteiger charge is -2.34. The third kappa shape index (κ3) is 5.13. The van der Waals surface area contributed by atoms with E-state index < -0.39 is 5.82 Å². The van der Waals surface area contributed by atoms with Gasteiger partial charge in [-0.1, -0.05) is 24.3 Å². The molecule has 1 N–H and O–H groups in total. The topological polar surface area (TPSA) is 73.0 Å². The van der Waals surface area contributed by atoms with Crippen LogP contribution in [-0.2, 0) is 9.59 Å². The fourth-order valence-corrected chi connectivity index (χ4v) is 4.20. The smallest absolute Gasteiger partial charge is 0.254 e. The number of carbonyl (C=O) groups excluding carboxylic acids is 3. The van der Waals surface area contributed by atoms with Gasteiger partial charge in [-0.25, -0.2) is 4.39 Å². The summed E-state index contributed by atoms with van der Waals surface area (Å²) in [4.78, 5) is 42.9. The monoisotopic (exact) mass is 438 g/mol. The minimum Gasteiger partial charge on any atom is -0.355 e. The molecule has 8 heteroatoms. The van der Waals surface area contributed by atoms with Crippen molar-refractivity contribution >= 4 is 23.4 Å². The molecular formula is C24H27FN4O3. The van der Waals surface area contributed by atoms with Crippen LogP contribution in [0.15, 0.2) is 54.6 Å². The summed E-state index contributed by atoms with van der Waals surface area (Å²) < 4.78 is 13.4. The van der Waals surface area contributed by atoms with Gasteiger partial charge in [-0.2, -0.15) is 0 Å². The summed E-state index contributed by atoms with van der Waals surface area (Å²) in [5.41, 5.74) is 1.18. The van der Waals surface area contributed by atoms with Crippen LogP contribution in [0.2, 0.25) is 0 Å². The van der Waals surface area contributed by atoms with Crippen molar-refractivity contribution in [3.8, 4) is 0 Å². The average Bonchev–Trinajstić information content (AvgIpc) is 3.21. The number of hydrogen-bond donors (Lipinski definition) is 1. The van der Waals surface area contributed by atoms with Crippen LogP contribution in [0, 0.1) is 11.7 Å². The molecule has 2 aliphatic heterocycles. The van der Waals surface area contributed by atoms with Gasteiger partial charge in [-0.3, -0.25) is 19.3 Å². The summed E-state index contributed by atoms with van der Waals surface area (Å²) in [7, 11) is 0. The van der Waals surface area contributed by atoms with Gasteiger partial charge in [-0.05, 0) is 30.3 Å². The Kier molecular flexibility index (Phi) is 6.80. The van der Waals surface area contributed by atoms with Crippen molar-refractivity contribution in [1.29, 1.82) is 0 Å². The van der Waals surface area contributed by atoms with Crippen LogP contribution >= 0.6 is 0 Å². The van der Waals surface area contributed by atoms with E-state index in [0.717, 1.165) is 5.69 Å². The van der Waals surface area contributed by atoms with E-state index in [9.17, 15) is 18.8 Å². The van der Waals surface area contributed by atoms with Crippen LogP contribution in [0.25, 0.3) is 0 Å². The van der Waals surface area contributed by atoms with Gasteiger partial charge in [0.1, 0.15) is 5.82 Å². The van der Waals surface area contributed by atoms with E-state index >= 15 is 0 Å². The van der Waals surface area contributed by atoms with Crippen LogP contribution in [0.4, 0.5) is 10.1 Å². The quantitative estimate of drug-likeness (QED) is 0.746. The predicted molar refractivity (Wildman–Crippen MR) is 119 cm³/mol. The van der Waals surface area contributed by atoms with Crippen LogP contribution in [0.3, 0.4) is 0 Å². The molecule has 2 fully saturated rings. The number of halogens is 1. The van der Waals surface area contributed by atoms with E-state index in [4.69, 9.17) is 0 Å². The SMILES string of the molecule is O=C(NCCN1CCN(C(=O)c2cccc(F)c2)CC1)C1CC(=O)N(c2ccccc2)C1. The van der Waals surface area contributed by atoms with Crippen LogP contribution in [-0.4, -0.2) is 73.3 Å². The molecule has 0 saturated carbocycles. The zero-order valence-electron chi connectivity index (χ0n) is 17.9. The van der Waals surface area contributed by atoms with Gasteiger partial charge >= 0.3 is 0 Å². The molecule has 3 amide bonds. The van der Waals surface area contributed by atoms with Gasteiger partial charge in [0, 0.05) is 63.5 Å². The summed E-state index contributed by atoms with van der Waals surface area (Å²) in [5.74, 6) is -1.05. The second-order valence-electron chi connectivity index (χ2n) is 8.18. The van der Waals surface area contributed by atoms with Crippen LogP contribution < -0.4 is 10.2 Å². The van der Waals surface area contributed by atoms with Crippen molar-refractivity contribution in [3.05, 3.63) is 66.0 Å². The number of anilines is 1. The first-order valence-corrected chi connectivity index (χ1v) is 10.9. The summed E-state index contributed by atoms with van der Waals surface area (Å²) in [6.07, 6.45) is 0.224. The molecule has 1 unspecified atom stereocenters. The molecule has 168 valence electrons. The first-order valence-electron chi connectivity index (χ1n) is 10.9. The zero-order chi connectivity index (χ0) is 22.5. The predicted octanol–water partition coefficient (Wildman–Crippen LogP) is 1.75. The second kappa shape index (κ2) is 9.91. The first kappa shape index (κ1) is 22.0. The Labute approximate surface area is 186 Å².